The maximum absolute atomic E-state index is 5.41. The highest BCUT2D eigenvalue weighted by atomic mass is 28.3. The van der Waals surface area contributed by atoms with Gasteiger partial charge >= 0.3 is 0 Å². The average Bonchev–Trinajstić information content (AvgIpc) is 2.19. The first-order valence-corrected chi connectivity index (χ1v) is 5.72. The molecule has 1 rings (SSSR count). The Hall–Kier alpha value is 0.354. The summed E-state index contributed by atoms with van der Waals surface area (Å²) in [6.45, 7) is 1.01. The first-order valence-electron chi connectivity index (χ1n) is 3.19. The minimum atomic E-state index is -0.0123. The molecule has 1 N–H and O–H groups in total. The van der Waals surface area contributed by atoms with E-state index in [4.69, 9.17) is 4.74 Å². The Morgan fingerprint density at radius 2 is 2.62 bits per heavy atom. The molecule has 0 amide bonds. The number of rotatable bonds is 2. The summed E-state index contributed by atoms with van der Waals surface area (Å²) in [6, 6.07) is 0. The molecule has 1 atom stereocenters. The minimum Gasteiger partial charge on any atom is -0.381 e. The van der Waals surface area contributed by atoms with Gasteiger partial charge in [0, 0.05) is 6.61 Å². The van der Waals surface area contributed by atoms with Crippen LogP contribution < -0.4 is 4.65 Å². The van der Waals surface area contributed by atoms with E-state index in [-0.39, 0.29) is 9.68 Å². The van der Waals surface area contributed by atoms with Crippen LogP contribution in [0, 0.1) is 0 Å². The van der Waals surface area contributed by atoms with E-state index in [0.717, 1.165) is 17.0 Å². The zero-order chi connectivity index (χ0) is 5.82. The number of hydrogen-bond donors (Lipinski definition) is 1. The standard InChI is InChI=1S/C4H13NOSi2/c7-5-8-4-2-1-3-6-4/h4-5H,1-3,8H2,7H3. The highest BCUT2D eigenvalue weighted by Gasteiger charge is 2.13. The van der Waals surface area contributed by atoms with E-state index in [9.17, 15) is 0 Å². The smallest absolute Gasteiger partial charge is 0.117 e. The molecule has 1 heterocycles. The van der Waals surface area contributed by atoms with Crippen LogP contribution in [0.4, 0.5) is 0 Å². The molecule has 0 spiro atoms. The molecule has 48 valence electrons. The number of nitrogens with one attached hydrogen (secondary N) is 1. The van der Waals surface area contributed by atoms with Crippen molar-refractivity contribution >= 4 is 20.1 Å². The van der Waals surface area contributed by atoms with E-state index in [0.29, 0.717) is 5.73 Å². The SMILES string of the molecule is [SiH3]N[SiH2]C1CCCO1. The maximum atomic E-state index is 5.41. The lowest BCUT2D eigenvalue weighted by Crippen LogP contribution is -2.28. The fraction of sp³-hybridized carbons (Fsp3) is 1.00. The number of ether oxygens (including phenoxy) is 1. The van der Waals surface area contributed by atoms with Crippen LogP contribution >= 0.6 is 0 Å². The van der Waals surface area contributed by atoms with Gasteiger partial charge in [0.15, 0.2) is 0 Å². The lowest BCUT2D eigenvalue weighted by atomic mass is 10.4. The zero-order valence-electron chi connectivity index (χ0n) is 5.31. The summed E-state index contributed by atoms with van der Waals surface area (Å²) >= 11 is 0. The summed E-state index contributed by atoms with van der Waals surface area (Å²) in [4.78, 5) is 0. The van der Waals surface area contributed by atoms with Crippen LogP contribution in [0.1, 0.15) is 12.8 Å². The van der Waals surface area contributed by atoms with Gasteiger partial charge in [-0.2, -0.15) is 0 Å². The van der Waals surface area contributed by atoms with E-state index in [1.165, 1.54) is 12.8 Å². The van der Waals surface area contributed by atoms with Crippen molar-refractivity contribution in [2.75, 3.05) is 6.61 Å². The van der Waals surface area contributed by atoms with E-state index >= 15 is 0 Å². The molecule has 0 aliphatic carbocycles. The molecule has 1 unspecified atom stereocenters. The van der Waals surface area contributed by atoms with E-state index in [1.54, 1.807) is 0 Å². The van der Waals surface area contributed by atoms with Crippen molar-refractivity contribution in [3.63, 3.8) is 0 Å². The van der Waals surface area contributed by atoms with Gasteiger partial charge in [0.05, 0.1) is 16.1 Å². The molecule has 0 saturated carbocycles. The lowest BCUT2D eigenvalue weighted by Gasteiger charge is -2.04. The van der Waals surface area contributed by atoms with Crippen LogP contribution in [0.3, 0.4) is 0 Å². The Morgan fingerprint density at radius 3 is 3.12 bits per heavy atom. The summed E-state index contributed by atoms with van der Waals surface area (Å²) in [6.07, 6.45) is 2.61. The summed E-state index contributed by atoms with van der Waals surface area (Å²) in [7, 11) is 1.14. The van der Waals surface area contributed by atoms with E-state index in [1.807, 2.05) is 0 Å². The second-order valence-corrected chi connectivity index (χ2v) is 6.34. The molecule has 4 heteroatoms. The molecule has 1 aliphatic rings. The largest absolute Gasteiger partial charge is 0.381 e. The molecular formula is C4H13NOSi2. The van der Waals surface area contributed by atoms with Crippen LogP contribution in [0.2, 0.25) is 0 Å². The van der Waals surface area contributed by atoms with Crippen LogP contribution in [-0.4, -0.2) is 32.4 Å². The molecule has 0 bridgehead atoms. The topological polar surface area (TPSA) is 21.3 Å². The second kappa shape index (κ2) is 3.39. The Bertz CT molecular complexity index is 65.1. The van der Waals surface area contributed by atoms with Crippen LogP contribution in [0.5, 0.6) is 0 Å². The van der Waals surface area contributed by atoms with Gasteiger partial charge in [-0.1, -0.05) is 0 Å². The fourth-order valence-electron chi connectivity index (χ4n) is 1.03. The van der Waals surface area contributed by atoms with Crippen LogP contribution in [0.25, 0.3) is 0 Å². The molecular weight excluding hydrogens is 134 g/mol. The monoisotopic (exact) mass is 147 g/mol. The van der Waals surface area contributed by atoms with Gasteiger partial charge in [0.25, 0.3) is 0 Å². The average molecular weight is 147 g/mol. The van der Waals surface area contributed by atoms with Crippen LogP contribution in [-0.2, 0) is 4.74 Å². The van der Waals surface area contributed by atoms with Gasteiger partial charge in [0.2, 0.25) is 0 Å². The van der Waals surface area contributed by atoms with Gasteiger partial charge in [0.1, 0.15) is 9.68 Å². The molecule has 0 aromatic heterocycles. The molecule has 8 heavy (non-hydrogen) atoms. The molecule has 1 saturated heterocycles. The molecule has 0 aromatic rings. The highest BCUT2D eigenvalue weighted by Crippen LogP contribution is 2.08. The highest BCUT2D eigenvalue weighted by molar-refractivity contribution is 6.43. The normalized spacial score (nSPS) is 30.8. The quantitative estimate of drug-likeness (QED) is 0.460. The zero-order valence-corrected chi connectivity index (χ0v) is 8.73. The summed E-state index contributed by atoms with van der Waals surface area (Å²) < 4.78 is 8.78. The summed E-state index contributed by atoms with van der Waals surface area (Å²) in [5.74, 6) is 0. The third-order valence-corrected chi connectivity index (χ3v) is 4.19. The van der Waals surface area contributed by atoms with Crippen molar-refractivity contribution in [2.24, 2.45) is 0 Å². The van der Waals surface area contributed by atoms with Crippen molar-refractivity contribution in [1.29, 1.82) is 0 Å². The first kappa shape index (κ1) is 6.47. The van der Waals surface area contributed by atoms with Gasteiger partial charge in [-0.25, -0.2) is 0 Å². The predicted octanol–water partition coefficient (Wildman–Crippen LogP) is -1.92. The van der Waals surface area contributed by atoms with Gasteiger partial charge in [-0.05, 0) is 12.8 Å². The molecule has 0 aromatic carbocycles. The molecule has 1 aliphatic heterocycles. The van der Waals surface area contributed by atoms with Gasteiger partial charge < -0.3 is 9.38 Å². The molecule has 0 radical (unpaired) electrons. The third-order valence-electron chi connectivity index (χ3n) is 1.46. The maximum Gasteiger partial charge on any atom is 0.117 e. The van der Waals surface area contributed by atoms with Crippen LogP contribution in [0.15, 0.2) is 0 Å². The van der Waals surface area contributed by atoms with Gasteiger partial charge in [-0.3, -0.25) is 0 Å². The van der Waals surface area contributed by atoms with Gasteiger partial charge in [-0.15, -0.1) is 0 Å². The predicted molar refractivity (Wildman–Crippen MR) is 40.6 cm³/mol. The molecule has 1 fully saturated rings. The second-order valence-electron chi connectivity index (χ2n) is 2.19. The Balaban J connectivity index is 2.06. The summed E-state index contributed by atoms with van der Waals surface area (Å²) in [5, 5.41) is 0. The Kier molecular flexibility index (Phi) is 2.75. The number of hydrogen-bond acceptors (Lipinski definition) is 2. The Morgan fingerprint density at radius 1 is 1.75 bits per heavy atom. The van der Waals surface area contributed by atoms with Crippen molar-refractivity contribution in [3.8, 4) is 0 Å². The molecule has 2 nitrogen and oxygen atoms in total. The Labute approximate surface area is 55.4 Å². The van der Waals surface area contributed by atoms with Crippen molar-refractivity contribution in [1.82, 2.24) is 4.65 Å². The fourth-order valence-corrected chi connectivity index (χ4v) is 3.63. The minimum absolute atomic E-state index is 0.0123. The van der Waals surface area contributed by atoms with Crippen molar-refractivity contribution in [3.05, 3.63) is 0 Å². The first-order chi connectivity index (χ1) is 3.93. The lowest BCUT2D eigenvalue weighted by molar-refractivity contribution is 0.165. The summed E-state index contributed by atoms with van der Waals surface area (Å²) in [5.41, 5.74) is 0.674. The third kappa shape index (κ3) is 1.70. The van der Waals surface area contributed by atoms with E-state index < -0.39 is 0 Å². The van der Waals surface area contributed by atoms with E-state index in [2.05, 4.69) is 4.65 Å². The van der Waals surface area contributed by atoms with Crippen molar-refractivity contribution < 1.29 is 4.74 Å². The van der Waals surface area contributed by atoms with Crippen molar-refractivity contribution in [2.45, 2.75) is 18.6 Å².